The molecule has 110 valence electrons. The Hall–Kier alpha value is -2.76. The smallest absolute Gasteiger partial charge is 0.411 e. The quantitative estimate of drug-likeness (QED) is 0.854. The van der Waals surface area contributed by atoms with Gasteiger partial charge < -0.3 is 13.9 Å². The van der Waals surface area contributed by atoms with E-state index in [2.05, 4.69) is 5.32 Å². The molecule has 0 aliphatic rings. The fourth-order valence-electron chi connectivity index (χ4n) is 1.80. The van der Waals surface area contributed by atoms with Gasteiger partial charge >= 0.3 is 6.09 Å². The van der Waals surface area contributed by atoms with Gasteiger partial charge in [0.2, 0.25) is 0 Å². The van der Waals surface area contributed by atoms with Crippen LogP contribution in [0.15, 0.2) is 34.7 Å². The number of carbonyl (C=O) groups excluding carboxylic acids is 2. The topological polar surface area (TPSA) is 77.8 Å². The molecule has 1 N–H and O–H groups in total. The first-order chi connectivity index (χ1) is 10.2. The predicted octanol–water partition coefficient (Wildman–Crippen LogP) is 3.34. The van der Waals surface area contributed by atoms with E-state index in [4.69, 9.17) is 13.9 Å². The Labute approximate surface area is 121 Å². The molecule has 0 bridgehead atoms. The van der Waals surface area contributed by atoms with Crippen molar-refractivity contribution in [2.45, 2.75) is 6.92 Å². The lowest BCUT2D eigenvalue weighted by molar-refractivity contribution is 0.110. The van der Waals surface area contributed by atoms with Crippen LogP contribution >= 0.6 is 0 Å². The molecule has 0 spiro atoms. The number of amides is 1. The summed E-state index contributed by atoms with van der Waals surface area (Å²) in [7, 11) is 1.49. The third-order valence-electron chi connectivity index (χ3n) is 2.74. The molecule has 0 aliphatic heterocycles. The number of ether oxygens (including phenoxy) is 2. The van der Waals surface area contributed by atoms with Crippen molar-refractivity contribution in [2.75, 3.05) is 19.0 Å². The van der Waals surface area contributed by atoms with Gasteiger partial charge in [0.1, 0.15) is 11.5 Å². The molecule has 0 radical (unpaired) electrons. The molecule has 0 unspecified atom stereocenters. The molecule has 1 amide bonds. The van der Waals surface area contributed by atoms with Crippen molar-refractivity contribution < 1.29 is 23.5 Å². The number of carbonyl (C=O) groups is 2. The van der Waals surface area contributed by atoms with Crippen LogP contribution in [0, 0.1) is 0 Å². The van der Waals surface area contributed by atoms with Gasteiger partial charge in [0.05, 0.1) is 19.4 Å². The standard InChI is InChI=1S/C15H15NO5/c1-3-20-15(18)16-12-6-4-10(8-14(12)19-2)13-7-5-11(9-17)21-13/h4-9H,3H2,1-2H3,(H,16,18). The highest BCUT2D eigenvalue weighted by Gasteiger charge is 2.11. The van der Waals surface area contributed by atoms with Crippen LogP contribution < -0.4 is 10.1 Å². The van der Waals surface area contributed by atoms with Crippen LogP contribution in [-0.2, 0) is 4.74 Å². The first-order valence-corrected chi connectivity index (χ1v) is 6.35. The zero-order valence-corrected chi connectivity index (χ0v) is 11.7. The van der Waals surface area contributed by atoms with E-state index in [1.54, 1.807) is 37.3 Å². The summed E-state index contributed by atoms with van der Waals surface area (Å²) in [6.07, 6.45) is 0.0852. The molecule has 0 saturated carbocycles. The summed E-state index contributed by atoms with van der Waals surface area (Å²) in [5.41, 5.74) is 1.22. The molecule has 1 aromatic carbocycles. The lowest BCUT2D eigenvalue weighted by Crippen LogP contribution is -2.13. The van der Waals surface area contributed by atoms with Crippen LogP contribution in [0.4, 0.5) is 10.5 Å². The van der Waals surface area contributed by atoms with E-state index in [1.165, 1.54) is 7.11 Å². The second-order valence-electron chi connectivity index (χ2n) is 4.08. The maximum absolute atomic E-state index is 11.4. The van der Waals surface area contributed by atoms with Gasteiger partial charge in [0, 0.05) is 5.56 Å². The van der Waals surface area contributed by atoms with Gasteiger partial charge in [-0.1, -0.05) is 0 Å². The Morgan fingerprint density at radius 2 is 2.14 bits per heavy atom. The molecule has 1 heterocycles. The molecule has 21 heavy (non-hydrogen) atoms. The fourth-order valence-corrected chi connectivity index (χ4v) is 1.80. The Balaban J connectivity index is 2.27. The molecule has 0 saturated heterocycles. The summed E-state index contributed by atoms with van der Waals surface area (Å²) < 4.78 is 15.4. The number of anilines is 1. The van der Waals surface area contributed by atoms with Crippen molar-refractivity contribution >= 4 is 18.1 Å². The SMILES string of the molecule is CCOC(=O)Nc1ccc(-c2ccc(C=O)o2)cc1OC. The Morgan fingerprint density at radius 3 is 2.76 bits per heavy atom. The molecule has 2 rings (SSSR count). The summed E-state index contributed by atoms with van der Waals surface area (Å²) >= 11 is 0. The second kappa shape index (κ2) is 6.60. The van der Waals surface area contributed by atoms with Gasteiger partial charge in [-0.2, -0.15) is 0 Å². The van der Waals surface area contributed by atoms with Gasteiger partial charge in [0.15, 0.2) is 12.0 Å². The third kappa shape index (κ3) is 3.42. The molecule has 0 fully saturated rings. The number of rotatable bonds is 5. The number of furan rings is 1. The van der Waals surface area contributed by atoms with Crippen LogP contribution in [0.2, 0.25) is 0 Å². The van der Waals surface area contributed by atoms with Crippen LogP contribution in [0.5, 0.6) is 5.75 Å². The summed E-state index contributed by atoms with van der Waals surface area (Å²) in [5, 5.41) is 2.58. The Kier molecular flexibility index (Phi) is 4.61. The monoisotopic (exact) mass is 289 g/mol. The first-order valence-electron chi connectivity index (χ1n) is 6.35. The van der Waals surface area contributed by atoms with Gasteiger partial charge in [-0.3, -0.25) is 10.1 Å². The maximum atomic E-state index is 11.4. The Morgan fingerprint density at radius 1 is 1.33 bits per heavy atom. The van der Waals surface area contributed by atoms with Crippen molar-refractivity contribution in [1.82, 2.24) is 0 Å². The minimum Gasteiger partial charge on any atom is -0.495 e. The van der Waals surface area contributed by atoms with E-state index >= 15 is 0 Å². The number of nitrogens with one attached hydrogen (secondary N) is 1. The highest BCUT2D eigenvalue weighted by atomic mass is 16.5. The van der Waals surface area contributed by atoms with E-state index in [9.17, 15) is 9.59 Å². The minimum atomic E-state index is -0.551. The largest absolute Gasteiger partial charge is 0.495 e. The zero-order chi connectivity index (χ0) is 15.2. The van der Waals surface area contributed by atoms with Crippen LogP contribution in [0.1, 0.15) is 17.5 Å². The third-order valence-corrected chi connectivity index (χ3v) is 2.74. The normalized spacial score (nSPS) is 10.0. The lowest BCUT2D eigenvalue weighted by atomic mass is 10.1. The molecular weight excluding hydrogens is 274 g/mol. The molecule has 1 aromatic heterocycles. The average molecular weight is 289 g/mol. The van der Waals surface area contributed by atoms with Gasteiger partial charge in [0.25, 0.3) is 0 Å². The fraction of sp³-hybridized carbons (Fsp3) is 0.200. The number of aldehydes is 1. The van der Waals surface area contributed by atoms with Crippen molar-refractivity contribution in [3.05, 3.63) is 36.1 Å². The summed E-state index contributed by atoms with van der Waals surface area (Å²) in [5.74, 6) is 1.25. The van der Waals surface area contributed by atoms with E-state index in [0.717, 1.165) is 5.56 Å². The number of methoxy groups -OCH3 is 1. The van der Waals surface area contributed by atoms with Gasteiger partial charge in [-0.05, 0) is 37.3 Å². The molecule has 2 aromatic rings. The predicted molar refractivity (Wildman–Crippen MR) is 76.7 cm³/mol. The van der Waals surface area contributed by atoms with E-state index in [1.807, 2.05) is 0 Å². The van der Waals surface area contributed by atoms with Crippen LogP contribution in [0.25, 0.3) is 11.3 Å². The molecular formula is C15H15NO5. The highest BCUT2D eigenvalue weighted by Crippen LogP contribution is 2.31. The van der Waals surface area contributed by atoms with E-state index in [0.29, 0.717) is 23.5 Å². The van der Waals surface area contributed by atoms with Crippen molar-refractivity contribution in [3.8, 4) is 17.1 Å². The van der Waals surface area contributed by atoms with Crippen molar-refractivity contribution in [3.63, 3.8) is 0 Å². The first kappa shape index (κ1) is 14.6. The number of hydrogen-bond acceptors (Lipinski definition) is 5. The van der Waals surface area contributed by atoms with Crippen molar-refractivity contribution in [2.24, 2.45) is 0 Å². The molecule has 6 heteroatoms. The van der Waals surface area contributed by atoms with E-state index in [-0.39, 0.29) is 12.4 Å². The van der Waals surface area contributed by atoms with Gasteiger partial charge in [-0.25, -0.2) is 4.79 Å². The second-order valence-corrected chi connectivity index (χ2v) is 4.08. The Bertz CT molecular complexity index is 647. The summed E-state index contributed by atoms with van der Waals surface area (Å²) in [6, 6.07) is 8.40. The molecule has 0 atom stereocenters. The number of benzene rings is 1. The maximum Gasteiger partial charge on any atom is 0.411 e. The molecule has 0 aliphatic carbocycles. The highest BCUT2D eigenvalue weighted by molar-refractivity contribution is 5.87. The lowest BCUT2D eigenvalue weighted by Gasteiger charge is -2.11. The summed E-state index contributed by atoms with van der Waals surface area (Å²) in [6.45, 7) is 2.01. The van der Waals surface area contributed by atoms with Crippen LogP contribution in [0.3, 0.4) is 0 Å². The van der Waals surface area contributed by atoms with Gasteiger partial charge in [-0.15, -0.1) is 0 Å². The van der Waals surface area contributed by atoms with E-state index < -0.39 is 6.09 Å². The zero-order valence-electron chi connectivity index (χ0n) is 11.7. The summed E-state index contributed by atoms with van der Waals surface area (Å²) in [4.78, 5) is 22.1. The average Bonchev–Trinajstić information content (AvgIpc) is 2.97. The number of hydrogen-bond donors (Lipinski definition) is 1. The minimum absolute atomic E-state index is 0.248. The van der Waals surface area contributed by atoms with Crippen LogP contribution in [-0.4, -0.2) is 26.1 Å². The molecule has 6 nitrogen and oxygen atoms in total. The van der Waals surface area contributed by atoms with Crippen molar-refractivity contribution in [1.29, 1.82) is 0 Å².